The molecule has 0 aliphatic carbocycles. The van der Waals surface area contributed by atoms with Crippen LogP contribution in [0.5, 0.6) is 0 Å². The Hall–Kier alpha value is -2.13. The van der Waals surface area contributed by atoms with E-state index in [4.69, 9.17) is 17.5 Å². The molecule has 0 amide bonds. The van der Waals surface area contributed by atoms with Gasteiger partial charge in [-0.05, 0) is 12.1 Å². The van der Waals surface area contributed by atoms with Crippen molar-refractivity contribution in [2.75, 3.05) is 0 Å². The molecule has 8 heteroatoms. The predicted octanol–water partition coefficient (Wildman–Crippen LogP) is 0.382. The maximum atomic E-state index is 8.63. The number of benzene rings is 2. The zero-order valence-electron chi connectivity index (χ0n) is 10.1. The average Bonchev–Trinajstić information content (AvgIpc) is 2.34. The Morgan fingerprint density at radius 3 is 1.70 bits per heavy atom. The minimum absolute atomic E-state index is 0. The highest BCUT2D eigenvalue weighted by Gasteiger charge is 2.04. The first kappa shape index (κ1) is 15.9. The lowest BCUT2D eigenvalue weighted by Gasteiger charge is -1.93. The highest BCUT2D eigenvalue weighted by Crippen LogP contribution is 2.10. The van der Waals surface area contributed by atoms with Crippen molar-refractivity contribution in [1.29, 1.82) is 0 Å². The first-order valence-corrected chi connectivity index (χ1v) is 6.65. The molecule has 0 saturated carbocycles. The summed E-state index contributed by atoms with van der Waals surface area (Å²) < 4.78 is 32.8. The van der Waals surface area contributed by atoms with E-state index in [1.54, 1.807) is 0 Å². The van der Waals surface area contributed by atoms with Crippen LogP contribution in [0.2, 0.25) is 0 Å². The largest absolute Gasteiger partial charge is 0.726 e. The molecule has 0 atom stereocenters. The Labute approximate surface area is 114 Å². The van der Waals surface area contributed by atoms with Gasteiger partial charge in [0.25, 0.3) is 0 Å². The second kappa shape index (κ2) is 6.35. The highest BCUT2D eigenvalue weighted by molar-refractivity contribution is 7.79. The van der Waals surface area contributed by atoms with Crippen molar-refractivity contribution in [1.82, 2.24) is 4.98 Å². The maximum absolute atomic E-state index is 8.63. The molecule has 1 heterocycles. The standard InChI is InChI=1S/C12H8N2.H2O4S.H2O/c1-2-6-10-9(5-1)13-11-7-3-4-8-12(11)14-10;1-5(2,3)4;/h1-8H;(H2,1,2,3,4);1H2. The topological polar surface area (TPSA) is 136 Å². The quantitative estimate of drug-likeness (QED) is 0.363. The number of para-hydroxylation sites is 4. The van der Waals surface area contributed by atoms with Gasteiger partial charge in [-0.3, -0.25) is 4.55 Å². The minimum atomic E-state index is -4.92. The fourth-order valence-electron chi connectivity index (χ4n) is 1.63. The summed E-state index contributed by atoms with van der Waals surface area (Å²) in [7, 11) is -4.92. The van der Waals surface area contributed by atoms with E-state index in [2.05, 4.69) is 9.97 Å². The number of nitrogens with zero attached hydrogens (tertiary/aromatic N) is 1. The number of H-pyrrole nitrogens is 1. The Bertz CT molecular complexity index is 707. The van der Waals surface area contributed by atoms with Gasteiger partial charge in [0.05, 0.1) is 0 Å². The molecule has 0 aliphatic heterocycles. The van der Waals surface area contributed by atoms with Gasteiger partial charge < -0.3 is 10.0 Å². The van der Waals surface area contributed by atoms with Crippen molar-refractivity contribution in [3.8, 4) is 0 Å². The Balaban J connectivity index is 0.000000293. The smallest absolute Gasteiger partial charge is 0.229 e. The Kier molecular flexibility index (Phi) is 5.06. The van der Waals surface area contributed by atoms with Gasteiger partial charge in [0.15, 0.2) is 0 Å². The number of aromatic nitrogens is 2. The molecule has 3 aromatic rings. The summed E-state index contributed by atoms with van der Waals surface area (Å²) in [5, 5.41) is 0. The molecule has 3 rings (SSSR count). The zero-order valence-corrected chi connectivity index (χ0v) is 11.0. The van der Waals surface area contributed by atoms with E-state index in [-0.39, 0.29) is 5.48 Å². The van der Waals surface area contributed by atoms with Crippen LogP contribution in [0.4, 0.5) is 0 Å². The summed E-state index contributed by atoms with van der Waals surface area (Å²) in [6.45, 7) is 0. The summed E-state index contributed by atoms with van der Waals surface area (Å²) in [5.74, 6) is 0. The molecule has 0 saturated heterocycles. The van der Waals surface area contributed by atoms with Crippen LogP contribution in [-0.2, 0) is 10.4 Å². The second-order valence-electron chi connectivity index (χ2n) is 3.70. The third-order valence-corrected chi connectivity index (χ3v) is 2.32. The second-order valence-corrected chi connectivity index (χ2v) is 4.55. The lowest BCUT2D eigenvalue weighted by atomic mass is 10.2. The van der Waals surface area contributed by atoms with Crippen molar-refractivity contribution >= 4 is 32.5 Å². The number of hydrogen-bond donors (Lipinski definition) is 1. The van der Waals surface area contributed by atoms with Crippen LogP contribution in [0.1, 0.15) is 0 Å². The summed E-state index contributed by atoms with van der Waals surface area (Å²) in [4.78, 5) is 7.89. The number of fused-ring (bicyclic) bond motifs is 2. The van der Waals surface area contributed by atoms with Crippen LogP contribution in [0, 0.1) is 0 Å². The third-order valence-electron chi connectivity index (χ3n) is 2.32. The molecule has 20 heavy (non-hydrogen) atoms. The van der Waals surface area contributed by atoms with Crippen LogP contribution in [0.15, 0.2) is 48.5 Å². The summed E-state index contributed by atoms with van der Waals surface area (Å²) in [5.41, 5.74) is 4.16. The predicted molar refractivity (Wildman–Crippen MR) is 71.7 cm³/mol. The molecule has 106 valence electrons. The Morgan fingerprint density at radius 1 is 0.950 bits per heavy atom. The van der Waals surface area contributed by atoms with Gasteiger partial charge in [-0.15, -0.1) is 0 Å². The number of nitrogens with one attached hydrogen (secondary N) is 1. The van der Waals surface area contributed by atoms with E-state index >= 15 is 0 Å². The molecule has 0 radical (unpaired) electrons. The molecule has 1 aromatic heterocycles. The highest BCUT2D eigenvalue weighted by atomic mass is 32.3. The average molecular weight is 296 g/mol. The molecule has 0 aliphatic rings. The van der Waals surface area contributed by atoms with Crippen LogP contribution in [-0.4, -0.2) is 28.0 Å². The van der Waals surface area contributed by atoms with E-state index in [1.807, 2.05) is 48.5 Å². The number of hydrogen-bond acceptors (Lipinski definition) is 4. The molecule has 0 fully saturated rings. The van der Waals surface area contributed by atoms with Gasteiger partial charge in [0.2, 0.25) is 21.4 Å². The fourth-order valence-corrected chi connectivity index (χ4v) is 1.63. The summed E-state index contributed by atoms with van der Waals surface area (Å²) >= 11 is 0. The molecule has 0 spiro atoms. The maximum Gasteiger partial charge on any atom is 0.229 e. The number of aromatic amines is 1. The molecule has 0 unspecified atom stereocenters. The monoisotopic (exact) mass is 296 g/mol. The molecule has 7 nitrogen and oxygen atoms in total. The van der Waals surface area contributed by atoms with Gasteiger partial charge in [-0.2, -0.15) is 0 Å². The Morgan fingerprint density at radius 2 is 1.30 bits per heavy atom. The van der Waals surface area contributed by atoms with E-state index in [1.165, 1.54) is 0 Å². The molecular formula is C12H12N2O5S. The summed E-state index contributed by atoms with van der Waals surface area (Å²) in [6, 6.07) is 16.1. The van der Waals surface area contributed by atoms with Crippen molar-refractivity contribution in [3.05, 3.63) is 48.5 Å². The first-order valence-electron chi connectivity index (χ1n) is 5.28. The van der Waals surface area contributed by atoms with E-state index in [9.17, 15) is 0 Å². The first-order chi connectivity index (χ1) is 8.93. The van der Waals surface area contributed by atoms with Gasteiger partial charge in [0, 0.05) is 12.1 Å². The third kappa shape index (κ3) is 4.52. The lowest BCUT2D eigenvalue weighted by Crippen LogP contribution is -2.06. The molecule has 4 N–H and O–H groups in total. The van der Waals surface area contributed by atoms with Crippen LogP contribution < -0.4 is 4.98 Å². The van der Waals surface area contributed by atoms with Crippen LogP contribution in [0.25, 0.3) is 22.1 Å². The van der Waals surface area contributed by atoms with Crippen LogP contribution >= 0.6 is 0 Å². The molecule has 0 bridgehead atoms. The van der Waals surface area contributed by atoms with Crippen LogP contribution in [0.3, 0.4) is 0 Å². The fraction of sp³-hybridized carbons (Fsp3) is 0. The van der Waals surface area contributed by atoms with E-state index < -0.39 is 10.4 Å². The van der Waals surface area contributed by atoms with E-state index in [0.717, 1.165) is 22.1 Å². The normalized spacial score (nSPS) is 10.5. The van der Waals surface area contributed by atoms with Crippen molar-refractivity contribution < 1.29 is 28.0 Å². The van der Waals surface area contributed by atoms with Crippen molar-refractivity contribution in [2.24, 2.45) is 0 Å². The molecular weight excluding hydrogens is 284 g/mol. The van der Waals surface area contributed by atoms with Gasteiger partial charge >= 0.3 is 0 Å². The number of rotatable bonds is 0. The zero-order chi connectivity index (χ0) is 13.9. The SMILES string of the molecule is O.O=S(=O)([O-])O.c1ccc2[nH+]c3ccccc3nc2c1. The van der Waals surface area contributed by atoms with E-state index in [0.29, 0.717) is 0 Å². The van der Waals surface area contributed by atoms with Crippen molar-refractivity contribution in [2.45, 2.75) is 0 Å². The minimum Gasteiger partial charge on any atom is -0.726 e. The van der Waals surface area contributed by atoms with Gasteiger partial charge in [-0.25, -0.2) is 18.4 Å². The van der Waals surface area contributed by atoms with Gasteiger partial charge in [0.1, 0.15) is 11.0 Å². The van der Waals surface area contributed by atoms with Crippen molar-refractivity contribution in [3.63, 3.8) is 0 Å². The molecule has 2 aromatic carbocycles. The lowest BCUT2D eigenvalue weighted by molar-refractivity contribution is -0.310. The van der Waals surface area contributed by atoms with Gasteiger partial charge in [-0.1, -0.05) is 24.3 Å². The summed E-state index contributed by atoms with van der Waals surface area (Å²) in [6.07, 6.45) is 0.